The van der Waals surface area contributed by atoms with Gasteiger partial charge >= 0.3 is 0 Å². The van der Waals surface area contributed by atoms with Crippen LogP contribution in [0.1, 0.15) is 17.5 Å². The third kappa shape index (κ3) is 3.52. The van der Waals surface area contributed by atoms with Crippen molar-refractivity contribution in [1.29, 1.82) is 0 Å². The summed E-state index contributed by atoms with van der Waals surface area (Å²) < 4.78 is 26.4. The molecule has 0 amide bonds. The molecule has 1 fully saturated rings. The second-order valence-electron chi connectivity index (χ2n) is 5.63. The van der Waals surface area contributed by atoms with E-state index < -0.39 is 6.04 Å². The maximum atomic E-state index is 14.5. The molecule has 3 heterocycles. The number of halogens is 2. The van der Waals surface area contributed by atoms with Crippen molar-refractivity contribution in [3.63, 3.8) is 0 Å². The highest BCUT2D eigenvalue weighted by atomic mass is 79.9. The highest BCUT2D eigenvalue weighted by Gasteiger charge is 2.31. The third-order valence-electron chi connectivity index (χ3n) is 4.08. The zero-order chi connectivity index (χ0) is 17.2. The van der Waals surface area contributed by atoms with Crippen LogP contribution in [0.15, 0.2) is 44.7 Å². The van der Waals surface area contributed by atoms with Crippen LogP contribution in [0.25, 0.3) is 10.7 Å². The zero-order valence-corrected chi connectivity index (χ0v) is 15.6. The fraction of sp³-hybridized carbons (Fsp3) is 0.294. The van der Waals surface area contributed by atoms with Gasteiger partial charge < -0.3 is 9.26 Å². The number of morpholine rings is 1. The maximum Gasteiger partial charge on any atom is 0.249 e. The molecule has 1 aliphatic rings. The van der Waals surface area contributed by atoms with Gasteiger partial charge in [0.05, 0.1) is 21.9 Å². The molecule has 3 aromatic rings. The van der Waals surface area contributed by atoms with E-state index in [1.165, 1.54) is 17.4 Å². The molecule has 0 aliphatic carbocycles. The van der Waals surface area contributed by atoms with E-state index in [0.29, 0.717) is 43.6 Å². The van der Waals surface area contributed by atoms with Gasteiger partial charge in [-0.1, -0.05) is 23.4 Å². The monoisotopic (exact) mass is 423 g/mol. The van der Waals surface area contributed by atoms with Gasteiger partial charge in [-0.3, -0.25) is 4.90 Å². The topological polar surface area (TPSA) is 51.4 Å². The minimum atomic E-state index is -0.422. The lowest BCUT2D eigenvalue weighted by atomic mass is 10.0. The van der Waals surface area contributed by atoms with E-state index in [4.69, 9.17) is 9.26 Å². The second-order valence-corrected chi connectivity index (χ2v) is 8.10. The summed E-state index contributed by atoms with van der Waals surface area (Å²) in [5, 5.41) is 4.09. The Balaban J connectivity index is 1.73. The van der Waals surface area contributed by atoms with E-state index in [9.17, 15) is 4.39 Å². The zero-order valence-electron chi connectivity index (χ0n) is 13.2. The Morgan fingerprint density at radius 2 is 1.96 bits per heavy atom. The Morgan fingerprint density at radius 3 is 2.68 bits per heavy atom. The van der Waals surface area contributed by atoms with Crippen LogP contribution >= 0.6 is 27.3 Å². The molecule has 25 heavy (non-hydrogen) atoms. The average molecular weight is 424 g/mol. The Bertz CT molecular complexity index is 863. The van der Waals surface area contributed by atoms with Crippen molar-refractivity contribution < 1.29 is 13.7 Å². The first-order valence-corrected chi connectivity index (χ1v) is 9.49. The molecule has 5 nitrogen and oxygen atoms in total. The molecule has 4 rings (SSSR count). The van der Waals surface area contributed by atoms with E-state index >= 15 is 0 Å². The molecule has 1 saturated heterocycles. The predicted molar refractivity (Wildman–Crippen MR) is 95.9 cm³/mol. The van der Waals surface area contributed by atoms with E-state index in [-0.39, 0.29) is 5.82 Å². The van der Waals surface area contributed by atoms with Gasteiger partial charge in [-0.15, -0.1) is 11.3 Å². The Labute approximate surface area is 156 Å². The number of rotatable bonds is 4. The van der Waals surface area contributed by atoms with Crippen LogP contribution in [0, 0.1) is 5.82 Å². The van der Waals surface area contributed by atoms with Crippen molar-refractivity contribution in [2.24, 2.45) is 0 Å². The van der Waals surface area contributed by atoms with Gasteiger partial charge in [-0.25, -0.2) is 4.39 Å². The lowest BCUT2D eigenvalue weighted by Crippen LogP contribution is -2.40. The molecule has 1 aromatic carbocycles. The number of hydrogen-bond donors (Lipinski definition) is 0. The Hall–Kier alpha value is -1.61. The van der Waals surface area contributed by atoms with Crippen LogP contribution in [0.2, 0.25) is 0 Å². The highest BCUT2D eigenvalue weighted by Crippen LogP contribution is 2.33. The Morgan fingerprint density at radius 1 is 1.16 bits per heavy atom. The molecular formula is C17H15BrFN3O2S. The molecule has 8 heteroatoms. The van der Waals surface area contributed by atoms with E-state index in [1.54, 1.807) is 12.1 Å². The average Bonchev–Trinajstić information content (AvgIpc) is 3.27. The normalized spacial score (nSPS) is 16.9. The number of ether oxygens (including phenoxy) is 1. The summed E-state index contributed by atoms with van der Waals surface area (Å²) in [6.45, 7) is 2.57. The van der Waals surface area contributed by atoms with Gasteiger partial charge in [-0.2, -0.15) is 4.98 Å². The standard InChI is InChI=1S/C17H15BrFN3O2S/c18-14-6-5-13(25-14)16-20-17(24-21-16)15(22-7-9-23-10-8-22)11-3-1-2-4-12(11)19/h1-6,15H,7-10H2. The van der Waals surface area contributed by atoms with Crippen LogP contribution in [0.4, 0.5) is 4.39 Å². The third-order valence-corrected chi connectivity index (χ3v) is 5.70. The summed E-state index contributed by atoms with van der Waals surface area (Å²) >= 11 is 4.96. The number of hydrogen-bond acceptors (Lipinski definition) is 6. The molecule has 130 valence electrons. The lowest BCUT2D eigenvalue weighted by Gasteiger charge is -2.32. The summed E-state index contributed by atoms with van der Waals surface area (Å²) in [5.74, 6) is 0.629. The number of nitrogens with zero attached hydrogens (tertiary/aromatic N) is 3. The van der Waals surface area contributed by atoms with Gasteiger partial charge in [0.1, 0.15) is 11.9 Å². The van der Waals surface area contributed by atoms with Crippen molar-refractivity contribution in [2.75, 3.05) is 26.3 Å². The van der Waals surface area contributed by atoms with Gasteiger partial charge in [0.15, 0.2) is 0 Å². The first-order chi connectivity index (χ1) is 12.2. The first-order valence-electron chi connectivity index (χ1n) is 7.88. The molecule has 0 N–H and O–H groups in total. The van der Waals surface area contributed by atoms with E-state index in [1.807, 2.05) is 18.2 Å². The lowest BCUT2D eigenvalue weighted by molar-refractivity contribution is 0.0174. The van der Waals surface area contributed by atoms with Gasteiger partial charge in [0, 0.05) is 18.7 Å². The quantitative estimate of drug-likeness (QED) is 0.631. The minimum Gasteiger partial charge on any atom is -0.379 e. The summed E-state index contributed by atoms with van der Waals surface area (Å²) in [6.07, 6.45) is 0. The van der Waals surface area contributed by atoms with Crippen molar-refractivity contribution in [3.8, 4) is 10.7 Å². The minimum absolute atomic E-state index is 0.280. The smallest absolute Gasteiger partial charge is 0.249 e. The summed E-state index contributed by atoms with van der Waals surface area (Å²) in [5.41, 5.74) is 0.534. The first kappa shape index (κ1) is 16.8. The predicted octanol–water partition coefficient (Wildman–Crippen LogP) is 4.12. The second kappa shape index (κ2) is 7.33. The van der Waals surface area contributed by atoms with Crippen molar-refractivity contribution in [2.45, 2.75) is 6.04 Å². The van der Waals surface area contributed by atoms with Crippen LogP contribution in [-0.4, -0.2) is 41.3 Å². The summed E-state index contributed by atoms with van der Waals surface area (Å²) in [4.78, 5) is 7.56. The molecule has 0 bridgehead atoms. The van der Waals surface area contributed by atoms with Crippen LogP contribution in [0.5, 0.6) is 0 Å². The van der Waals surface area contributed by atoms with E-state index in [2.05, 4.69) is 31.0 Å². The molecule has 1 aliphatic heterocycles. The molecular weight excluding hydrogens is 409 g/mol. The van der Waals surface area contributed by atoms with Crippen molar-refractivity contribution in [3.05, 3.63) is 57.5 Å². The van der Waals surface area contributed by atoms with Crippen molar-refractivity contribution >= 4 is 27.3 Å². The van der Waals surface area contributed by atoms with Crippen LogP contribution in [0.3, 0.4) is 0 Å². The molecule has 1 unspecified atom stereocenters. The van der Waals surface area contributed by atoms with Gasteiger partial charge in [0.25, 0.3) is 0 Å². The highest BCUT2D eigenvalue weighted by molar-refractivity contribution is 9.11. The maximum absolute atomic E-state index is 14.5. The molecule has 0 spiro atoms. The fourth-order valence-corrected chi connectivity index (χ4v) is 4.21. The van der Waals surface area contributed by atoms with Gasteiger partial charge in [-0.05, 0) is 34.1 Å². The number of thiophene rings is 1. The number of aromatic nitrogens is 2. The summed E-state index contributed by atoms with van der Waals surface area (Å²) in [6, 6.07) is 10.2. The van der Waals surface area contributed by atoms with Gasteiger partial charge in [0.2, 0.25) is 11.7 Å². The molecule has 0 radical (unpaired) electrons. The number of benzene rings is 1. The molecule has 2 aromatic heterocycles. The van der Waals surface area contributed by atoms with Crippen molar-refractivity contribution in [1.82, 2.24) is 15.0 Å². The van der Waals surface area contributed by atoms with Crippen LogP contribution < -0.4 is 0 Å². The largest absolute Gasteiger partial charge is 0.379 e. The SMILES string of the molecule is Fc1ccccc1C(c1nc(-c2ccc(Br)s2)no1)N1CCOCC1. The van der Waals surface area contributed by atoms with E-state index in [0.717, 1.165) is 8.66 Å². The fourth-order valence-electron chi connectivity index (χ4n) is 2.90. The Kier molecular flexibility index (Phi) is 4.93. The van der Waals surface area contributed by atoms with Crippen LogP contribution in [-0.2, 0) is 4.74 Å². The molecule has 0 saturated carbocycles. The molecule has 1 atom stereocenters. The summed E-state index contributed by atoms with van der Waals surface area (Å²) in [7, 11) is 0.